The smallest absolute Gasteiger partial charge is 0.0596 e. The van der Waals surface area contributed by atoms with E-state index in [4.69, 9.17) is 5.84 Å². The molecule has 0 saturated heterocycles. The molecule has 0 aliphatic heterocycles. The Morgan fingerprint density at radius 2 is 2.10 bits per heavy atom. The average molecular weight is 337 g/mol. The number of hydrogen-bond acceptors (Lipinski definition) is 3. The highest BCUT2D eigenvalue weighted by atomic mass is 79.9. The highest BCUT2D eigenvalue weighted by Crippen LogP contribution is 2.27. The predicted molar refractivity (Wildman–Crippen MR) is 85.3 cm³/mol. The van der Waals surface area contributed by atoms with Crippen molar-refractivity contribution in [2.24, 2.45) is 5.84 Å². The van der Waals surface area contributed by atoms with Crippen LogP contribution in [-0.4, -0.2) is 9.78 Å². The van der Waals surface area contributed by atoms with Gasteiger partial charge in [-0.25, -0.2) is 0 Å². The van der Waals surface area contributed by atoms with E-state index >= 15 is 0 Å². The van der Waals surface area contributed by atoms with Crippen LogP contribution in [0.3, 0.4) is 0 Å². The second kappa shape index (κ2) is 6.52. The Labute approximate surface area is 128 Å². The zero-order valence-electron chi connectivity index (χ0n) is 12.2. The van der Waals surface area contributed by atoms with Gasteiger partial charge in [0.2, 0.25) is 0 Å². The first-order valence-corrected chi connectivity index (χ1v) is 7.60. The lowest BCUT2D eigenvalue weighted by atomic mass is 10.0. The van der Waals surface area contributed by atoms with Crippen molar-refractivity contribution in [3.63, 3.8) is 0 Å². The summed E-state index contributed by atoms with van der Waals surface area (Å²) in [6, 6.07) is 8.50. The van der Waals surface area contributed by atoms with Gasteiger partial charge in [-0.1, -0.05) is 33.6 Å². The summed E-state index contributed by atoms with van der Waals surface area (Å²) >= 11 is 3.61. The van der Waals surface area contributed by atoms with E-state index in [9.17, 15) is 0 Å². The second-order valence-electron chi connectivity index (χ2n) is 5.04. The summed E-state index contributed by atoms with van der Waals surface area (Å²) in [6.45, 7) is 7.08. The molecule has 1 atom stereocenters. The van der Waals surface area contributed by atoms with Gasteiger partial charge in [0.1, 0.15) is 0 Å². The van der Waals surface area contributed by atoms with E-state index in [0.29, 0.717) is 0 Å². The summed E-state index contributed by atoms with van der Waals surface area (Å²) in [7, 11) is 0. The van der Waals surface area contributed by atoms with Gasteiger partial charge in [-0.3, -0.25) is 16.0 Å². The average Bonchev–Trinajstić information content (AvgIpc) is 2.79. The number of hydrazine groups is 1. The molecule has 3 N–H and O–H groups in total. The van der Waals surface area contributed by atoms with Crippen molar-refractivity contribution in [2.75, 3.05) is 0 Å². The second-order valence-corrected chi connectivity index (χ2v) is 5.90. The van der Waals surface area contributed by atoms with Crippen LogP contribution in [0.1, 0.15) is 35.5 Å². The van der Waals surface area contributed by atoms with Crippen molar-refractivity contribution < 1.29 is 0 Å². The summed E-state index contributed by atoms with van der Waals surface area (Å²) in [5.41, 5.74) is 7.56. The minimum atomic E-state index is 0.0608. The normalized spacial score (nSPS) is 12.7. The number of nitrogens with zero attached hydrogens (tertiary/aromatic N) is 2. The van der Waals surface area contributed by atoms with Crippen molar-refractivity contribution in [3.8, 4) is 0 Å². The first-order valence-electron chi connectivity index (χ1n) is 6.80. The highest BCUT2D eigenvalue weighted by Gasteiger charge is 2.16. The molecule has 2 aromatic rings. The number of benzene rings is 1. The van der Waals surface area contributed by atoms with Gasteiger partial charge in [0.25, 0.3) is 0 Å². The Morgan fingerprint density at radius 1 is 1.35 bits per heavy atom. The zero-order valence-corrected chi connectivity index (χ0v) is 13.7. The number of halogens is 1. The highest BCUT2D eigenvalue weighted by molar-refractivity contribution is 9.10. The third-order valence-corrected chi connectivity index (χ3v) is 4.15. The van der Waals surface area contributed by atoms with Crippen LogP contribution in [0, 0.1) is 13.8 Å². The van der Waals surface area contributed by atoms with Gasteiger partial charge < -0.3 is 0 Å². The Kier molecular flexibility index (Phi) is 4.96. The van der Waals surface area contributed by atoms with E-state index < -0.39 is 0 Å². The molecule has 0 spiro atoms. The molecule has 5 heteroatoms. The van der Waals surface area contributed by atoms with E-state index in [-0.39, 0.29) is 6.04 Å². The summed E-state index contributed by atoms with van der Waals surface area (Å²) in [5.74, 6) is 5.77. The maximum absolute atomic E-state index is 5.77. The third kappa shape index (κ3) is 3.29. The Morgan fingerprint density at radius 3 is 2.75 bits per heavy atom. The number of aryl methyl sites for hydroxylation is 3. The molecule has 108 valence electrons. The van der Waals surface area contributed by atoms with Crippen LogP contribution in [0.25, 0.3) is 0 Å². The molecule has 0 amide bonds. The van der Waals surface area contributed by atoms with Crippen molar-refractivity contribution in [1.82, 2.24) is 15.2 Å². The fraction of sp³-hybridized carbons (Fsp3) is 0.400. The molecule has 1 heterocycles. The van der Waals surface area contributed by atoms with Crippen LogP contribution >= 0.6 is 15.9 Å². The molecule has 0 fully saturated rings. The van der Waals surface area contributed by atoms with Gasteiger partial charge in [-0.2, -0.15) is 5.10 Å². The molecule has 20 heavy (non-hydrogen) atoms. The molecule has 0 aliphatic rings. The van der Waals surface area contributed by atoms with Crippen LogP contribution in [0.2, 0.25) is 0 Å². The molecular formula is C15H21BrN4. The van der Waals surface area contributed by atoms with Crippen molar-refractivity contribution in [2.45, 2.75) is 39.8 Å². The molecule has 1 aromatic heterocycles. The molecule has 1 unspecified atom stereocenters. The van der Waals surface area contributed by atoms with Crippen molar-refractivity contribution in [1.29, 1.82) is 0 Å². The number of aromatic nitrogens is 2. The molecule has 0 aliphatic carbocycles. The van der Waals surface area contributed by atoms with E-state index in [1.807, 2.05) is 11.6 Å². The van der Waals surface area contributed by atoms with Gasteiger partial charge >= 0.3 is 0 Å². The predicted octanol–water partition coefficient (Wildman–Crippen LogP) is 3.03. The molecule has 0 saturated carbocycles. The topological polar surface area (TPSA) is 55.9 Å². The summed E-state index contributed by atoms with van der Waals surface area (Å²) in [6.07, 6.45) is 0.813. The number of rotatable bonds is 5. The molecular weight excluding hydrogens is 316 g/mol. The van der Waals surface area contributed by atoms with Gasteiger partial charge in [0, 0.05) is 23.1 Å². The molecule has 0 bridgehead atoms. The first-order chi connectivity index (χ1) is 9.55. The number of hydrogen-bond donors (Lipinski definition) is 2. The monoisotopic (exact) mass is 336 g/mol. The lowest BCUT2D eigenvalue weighted by Gasteiger charge is -2.19. The largest absolute Gasteiger partial charge is 0.271 e. The lowest BCUT2D eigenvalue weighted by molar-refractivity contribution is 0.515. The van der Waals surface area contributed by atoms with Gasteiger partial charge in [-0.15, -0.1) is 0 Å². The minimum absolute atomic E-state index is 0.0608. The SMILES string of the molecule is CCn1nc(C)cc1CC(NN)c1cc(C)ccc1Br. The lowest BCUT2D eigenvalue weighted by Crippen LogP contribution is -2.30. The van der Waals surface area contributed by atoms with E-state index in [1.165, 1.54) is 16.8 Å². The molecule has 0 radical (unpaired) electrons. The van der Waals surface area contributed by atoms with Crippen LogP contribution in [0.15, 0.2) is 28.7 Å². The standard InChI is InChI=1S/C15H21BrN4/c1-4-20-12(8-11(3)19-20)9-15(18-17)13-7-10(2)5-6-14(13)16/h5-8,15,18H,4,9,17H2,1-3H3. The molecule has 2 rings (SSSR count). The number of nitrogens with one attached hydrogen (secondary N) is 1. The molecule has 4 nitrogen and oxygen atoms in total. The quantitative estimate of drug-likeness (QED) is 0.651. The first kappa shape index (κ1) is 15.2. The van der Waals surface area contributed by atoms with E-state index in [2.05, 4.69) is 64.6 Å². The summed E-state index contributed by atoms with van der Waals surface area (Å²) in [5, 5.41) is 4.49. The third-order valence-electron chi connectivity index (χ3n) is 3.43. The number of nitrogens with two attached hydrogens (primary N) is 1. The van der Waals surface area contributed by atoms with Crippen molar-refractivity contribution >= 4 is 15.9 Å². The van der Waals surface area contributed by atoms with Crippen LogP contribution < -0.4 is 11.3 Å². The summed E-state index contributed by atoms with van der Waals surface area (Å²) < 4.78 is 3.11. The van der Waals surface area contributed by atoms with Gasteiger partial charge in [0.15, 0.2) is 0 Å². The van der Waals surface area contributed by atoms with Crippen LogP contribution in [0.5, 0.6) is 0 Å². The zero-order chi connectivity index (χ0) is 14.7. The van der Waals surface area contributed by atoms with Gasteiger partial charge in [0.05, 0.1) is 11.7 Å². The van der Waals surface area contributed by atoms with Crippen LogP contribution in [0.4, 0.5) is 0 Å². The van der Waals surface area contributed by atoms with Gasteiger partial charge in [-0.05, 0) is 38.5 Å². The van der Waals surface area contributed by atoms with E-state index in [1.54, 1.807) is 0 Å². The fourth-order valence-electron chi connectivity index (χ4n) is 2.44. The maximum atomic E-state index is 5.77. The Balaban J connectivity index is 2.30. The Bertz CT molecular complexity index is 592. The van der Waals surface area contributed by atoms with Crippen LogP contribution in [-0.2, 0) is 13.0 Å². The minimum Gasteiger partial charge on any atom is -0.271 e. The van der Waals surface area contributed by atoms with Crippen molar-refractivity contribution in [3.05, 3.63) is 51.3 Å². The maximum Gasteiger partial charge on any atom is 0.0596 e. The summed E-state index contributed by atoms with van der Waals surface area (Å²) in [4.78, 5) is 0. The fourth-order valence-corrected chi connectivity index (χ4v) is 2.96. The molecule has 1 aromatic carbocycles. The van der Waals surface area contributed by atoms with E-state index in [0.717, 1.165) is 23.1 Å². The Hall–Kier alpha value is -1.17.